The number of hydrogen-bond acceptors (Lipinski definition) is 5. The molecule has 2 N–H and O–H groups in total. The van der Waals surface area contributed by atoms with Gasteiger partial charge >= 0.3 is 5.97 Å². The number of aliphatic carboxylic acids is 1. The average molecular weight is 442 g/mol. The number of nitrogens with one attached hydrogen (secondary N) is 1. The van der Waals surface area contributed by atoms with Crippen LogP contribution < -0.4 is 5.32 Å². The van der Waals surface area contributed by atoms with Crippen LogP contribution >= 0.6 is 23.1 Å². The van der Waals surface area contributed by atoms with Crippen molar-refractivity contribution in [3.63, 3.8) is 0 Å². The first-order chi connectivity index (χ1) is 14.6. The number of benzene rings is 1. The smallest absolute Gasteiger partial charge is 0.326 e. The molecule has 8 heteroatoms. The van der Waals surface area contributed by atoms with E-state index in [2.05, 4.69) is 10.3 Å². The molecule has 0 radical (unpaired) electrons. The molecular formula is C22H23N3O3S2. The van der Waals surface area contributed by atoms with E-state index in [9.17, 15) is 14.7 Å². The zero-order valence-corrected chi connectivity index (χ0v) is 18.2. The Hall–Kier alpha value is -2.84. The summed E-state index contributed by atoms with van der Waals surface area (Å²) in [6, 6.07) is 8.57. The molecule has 3 rings (SSSR count). The van der Waals surface area contributed by atoms with Gasteiger partial charge < -0.3 is 15.0 Å². The maximum atomic E-state index is 12.9. The molecule has 156 valence electrons. The lowest BCUT2D eigenvalue weighted by molar-refractivity contribution is -0.139. The van der Waals surface area contributed by atoms with Crippen LogP contribution in [0.15, 0.2) is 60.5 Å². The number of hydrogen-bond donors (Lipinski definition) is 2. The van der Waals surface area contributed by atoms with Gasteiger partial charge in [0.25, 0.3) is 5.91 Å². The summed E-state index contributed by atoms with van der Waals surface area (Å²) in [5, 5.41) is 14.1. The van der Waals surface area contributed by atoms with Crippen molar-refractivity contribution in [3.8, 4) is 10.4 Å². The van der Waals surface area contributed by atoms with E-state index in [1.807, 2.05) is 58.8 Å². The van der Waals surface area contributed by atoms with Gasteiger partial charge in [-0.3, -0.25) is 4.79 Å². The van der Waals surface area contributed by atoms with Gasteiger partial charge in [0.05, 0.1) is 6.33 Å². The first-order valence-electron chi connectivity index (χ1n) is 9.41. The second kappa shape index (κ2) is 10.8. The highest BCUT2D eigenvalue weighted by molar-refractivity contribution is 7.98. The molecule has 0 aliphatic rings. The van der Waals surface area contributed by atoms with Crippen LogP contribution in [0.5, 0.6) is 0 Å². The molecule has 0 unspecified atom stereocenters. The highest BCUT2D eigenvalue weighted by atomic mass is 32.2. The van der Waals surface area contributed by atoms with Gasteiger partial charge in [0.15, 0.2) is 0 Å². The number of thiophene rings is 1. The molecule has 0 aliphatic heterocycles. The van der Waals surface area contributed by atoms with Gasteiger partial charge in [-0.15, -0.1) is 11.3 Å². The maximum absolute atomic E-state index is 12.9. The molecule has 0 saturated heterocycles. The molecule has 0 saturated carbocycles. The maximum Gasteiger partial charge on any atom is 0.326 e. The normalized spacial score (nSPS) is 12.2. The minimum Gasteiger partial charge on any atom is -0.480 e. The summed E-state index contributed by atoms with van der Waals surface area (Å²) < 4.78 is 1.96. The molecule has 30 heavy (non-hydrogen) atoms. The van der Waals surface area contributed by atoms with Crippen molar-refractivity contribution in [2.45, 2.75) is 19.0 Å². The van der Waals surface area contributed by atoms with Crippen LogP contribution in [0.2, 0.25) is 0 Å². The Morgan fingerprint density at radius 1 is 1.37 bits per heavy atom. The van der Waals surface area contributed by atoms with E-state index < -0.39 is 12.0 Å². The van der Waals surface area contributed by atoms with Gasteiger partial charge in [-0.25, -0.2) is 9.78 Å². The average Bonchev–Trinajstić information content (AvgIpc) is 3.45. The SMILES string of the molecule is CSCC[C@H](NC(=O)c1ccc(C=CCn2ccnc2)cc1-c1cccs1)C(=O)O. The standard InChI is InChI=1S/C22H23N3O3S2/c1-29-13-8-19(22(27)28)24-21(26)17-7-6-16(4-2-10-25-11-9-23-15-25)14-18(17)20-5-3-12-30-20/h2-7,9,11-12,14-15,19H,8,10,13H2,1H3,(H,24,26)(H,27,28)/t19-/m0/s1. The van der Waals surface area contributed by atoms with E-state index in [0.717, 1.165) is 16.0 Å². The number of carbonyl (C=O) groups is 2. The number of nitrogens with zero attached hydrogens (tertiary/aromatic N) is 2. The Morgan fingerprint density at radius 2 is 2.23 bits per heavy atom. The highest BCUT2D eigenvalue weighted by Crippen LogP contribution is 2.30. The molecule has 3 aromatic rings. The lowest BCUT2D eigenvalue weighted by Crippen LogP contribution is -2.41. The summed E-state index contributed by atoms with van der Waals surface area (Å²) in [5.41, 5.74) is 2.23. The zero-order chi connectivity index (χ0) is 21.3. The predicted octanol–water partition coefficient (Wildman–Crippen LogP) is 4.26. The minimum atomic E-state index is -1.02. The van der Waals surface area contributed by atoms with Gasteiger partial charge in [-0.1, -0.05) is 24.3 Å². The van der Waals surface area contributed by atoms with E-state index in [1.165, 1.54) is 0 Å². The molecule has 0 fully saturated rings. The third kappa shape index (κ3) is 5.84. The van der Waals surface area contributed by atoms with Crippen LogP contribution in [0.3, 0.4) is 0 Å². The van der Waals surface area contributed by atoms with Crippen LogP contribution in [0.4, 0.5) is 0 Å². The number of thioether (sulfide) groups is 1. The fourth-order valence-corrected chi connectivity index (χ4v) is 4.16. The van der Waals surface area contributed by atoms with Gasteiger partial charge in [-0.2, -0.15) is 11.8 Å². The van der Waals surface area contributed by atoms with Gasteiger partial charge in [0.1, 0.15) is 6.04 Å². The van der Waals surface area contributed by atoms with Crippen molar-refractivity contribution < 1.29 is 14.7 Å². The third-order valence-electron chi connectivity index (χ3n) is 4.47. The van der Waals surface area contributed by atoms with Crippen molar-refractivity contribution >= 4 is 41.1 Å². The van der Waals surface area contributed by atoms with Crippen LogP contribution in [0, 0.1) is 0 Å². The van der Waals surface area contributed by atoms with Crippen LogP contribution in [-0.4, -0.2) is 44.6 Å². The Bertz CT molecular complexity index is 999. The Labute approximate surface area is 183 Å². The summed E-state index contributed by atoms with van der Waals surface area (Å²) in [7, 11) is 0. The number of carbonyl (C=O) groups excluding carboxylic acids is 1. The lowest BCUT2D eigenvalue weighted by atomic mass is 10.0. The second-order valence-corrected chi connectivity index (χ2v) is 8.52. The summed E-state index contributed by atoms with van der Waals surface area (Å²) in [4.78, 5) is 29.4. The second-order valence-electron chi connectivity index (χ2n) is 6.59. The van der Waals surface area contributed by atoms with Crippen LogP contribution in [0.25, 0.3) is 16.5 Å². The van der Waals surface area contributed by atoms with Gasteiger partial charge in [0, 0.05) is 34.9 Å². The number of rotatable bonds is 10. The minimum absolute atomic E-state index is 0.374. The van der Waals surface area contributed by atoms with Crippen molar-refractivity contribution in [2.24, 2.45) is 0 Å². The summed E-state index contributed by atoms with van der Waals surface area (Å²) >= 11 is 3.09. The molecule has 0 aliphatic carbocycles. The van der Waals surface area contributed by atoms with Crippen LogP contribution in [0.1, 0.15) is 22.3 Å². The number of aromatic nitrogens is 2. The first kappa shape index (κ1) is 21.9. The summed E-state index contributed by atoms with van der Waals surface area (Å²) in [6.07, 6.45) is 11.7. The third-order valence-corrected chi connectivity index (χ3v) is 6.02. The largest absolute Gasteiger partial charge is 0.480 e. The molecular weight excluding hydrogens is 418 g/mol. The molecule has 1 amide bonds. The molecule has 2 heterocycles. The Balaban J connectivity index is 1.83. The summed E-state index contributed by atoms with van der Waals surface area (Å²) in [6.45, 7) is 0.701. The zero-order valence-electron chi connectivity index (χ0n) is 16.5. The van der Waals surface area contributed by atoms with E-state index in [4.69, 9.17) is 0 Å². The van der Waals surface area contributed by atoms with E-state index in [1.54, 1.807) is 41.7 Å². The fraction of sp³-hybridized carbons (Fsp3) is 0.227. The molecule has 0 bridgehead atoms. The fourth-order valence-electron chi connectivity index (χ4n) is 2.93. The first-order valence-corrected chi connectivity index (χ1v) is 11.7. The number of carboxylic acids is 1. The van der Waals surface area contributed by atoms with Crippen molar-refractivity contribution in [2.75, 3.05) is 12.0 Å². The lowest BCUT2D eigenvalue weighted by Gasteiger charge is -2.16. The molecule has 6 nitrogen and oxygen atoms in total. The predicted molar refractivity (Wildman–Crippen MR) is 123 cm³/mol. The number of amides is 1. The molecule has 0 spiro atoms. The van der Waals surface area contributed by atoms with Crippen molar-refractivity contribution in [1.82, 2.24) is 14.9 Å². The van der Waals surface area contributed by atoms with Gasteiger partial charge in [0.2, 0.25) is 0 Å². The van der Waals surface area contributed by atoms with Gasteiger partial charge in [-0.05, 0) is 47.6 Å². The monoisotopic (exact) mass is 441 g/mol. The van der Waals surface area contributed by atoms with E-state index >= 15 is 0 Å². The number of allylic oxidation sites excluding steroid dienone is 1. The van der Waals surface area contributed by atoms with Crippen LogP contribution in [-0.2, 0) is 11.3 Å². The Morgan fingerprint density at radius 3 is 2.90 bits per heavy atom. The quantitative estimate of drug-likeness (QED) is 0.491. The highest BCUT2D eigenvalue weighted by Gasteiger charge is 2.22. The molecule has 1 aromatic carbocycles. The Kier molecular flexibility index (Phi) is 7.87. The number of carboxylic acid groups (broad SMARTS) is 1. The molecule has 2 aromatic heterocycles. The number of imidazole rings is 1. The molecule has 1 atom stereocenters. The summed E-state index contributed by atoms with van der Waals surface area (Å²) in [5.74, 6) is -0.731. The van der Waals surface area contributed by atoms with Crippen molar-refractivity contribution in [3.05, 3.63) is 71.6 Å². The topological polar surface area (TPSA) is 84.2 Å². The van der Waals surface area contributed by atoms with E-state index in [0.29, 0.717) is 24.3 Å². The van der Waals surface area contributed by atoms with Crippen molar-refractivity contribution in [1.29, 1.82) is 0 Å². The van der Waals surface area contributed by atoms with E-state index in [-0.39, 0.29) is 5.91 Å².